The van der Waals surface area contributed by atoms with Gasteiger partial charge in [0.05, 0.1) is 0 Å². The van der Waals surface area contributed by atoms with Crippen molar-refractivity contribution in [3.05, 3.63) is 69.2 Å². The van der Waals surface area contributed by atoms with Crippen molar-refractivity contribution in [2.75, 3.05) is 5.75 Å². The van der Waals surface area contributed by atoms with Gasteiger partial charge < -0.3 is 10.0 Å². The average Bonchev–Trinajstić information content (AvgIpc) is 3.05. The predicted molar refractivity (Wildman–Crippen MR) is 114 cm³/mol. The van der Waals surface area contributed by atoms with Gasteiger partial charge in [-0.2, -0.15) is 0 Å². The van der Waals surface area contributed by atoms with Crippen LogP contribution in [0.2, 0.25) is 10.0 Å². The Bertz CT molecular complexity index is 889. The molecule has 1 N–H and O–H groups in total. The van der Waals surface area contributed by atoms with Crippen molar-refractivity contribution in [3.8, 4) is 0 Å². The molecule has 148 valence electrons. The normalized spacial score (nSPS) is 19.7. The lowest BCUT2D eigenvalue weighted by Crippen LogP contribution is -2.43. The molecule has 3 rings (SSSR count). The number of thioether (sulfide) groups is 1. The number of rotatable bonds is 3. The summed E-state index contributed by atoms with van der Waals surface area (Å²) in [6.07, 6.45) is 0. The highest BCUT2D eigenvalue weighted by atomic mass is 35.5. The topological polar surface area (TPSA) is 57.6 Å². The van der Waals surface area contributed by atoms with Gasteiger partial charge >= 0.3 is 5.97 Å². The van der Waals surface area contributed by atoms with Gasteiger partial charge in [0.1, 0.15) is 11.4 Å². The van der Waals surface area contributed by atoms with Crippen LogP contribution in [0, 0.1) is 0 Å². The third-order valence-electron chi connectivity index (χ3n) is 4.69. The number of nitrogens with zero attached hydrogens (tertiary/aromatic N) is 1. The lowest BCUT2D eigenvalue weighted by Gasteiger charge is -2.28. The van der Waals surface area contributed by atoms with Crippen molar-refractivity contribution in [2.45, 2.75) is 37.6 Å². The van der Waals surface area contributed by atoms with Gasteiger partial charge in [0, 0.05) is 21.4 Å². The van der Waals surface area contributed by atoms with Crippen LogP contribution in [0.1, 0.15) is 47.6 Å². The van der Waals surface area contributed by atoms with Gasteiger partial charge in [-0.3, -0.25) is 4.79 Å². The van der Waals surface area contributed by atoms with Crippen molar-refractivity contribution < 1.29 is 14.7 Å². The van der Waals surface area contributed by atoms with Crippen molar-refractivity contribution in [1.82, 2.24) is 4.90 Å². The molecule has 0 bridgehead atoms. The van der Waals surface area contributed by atoms with E-state index in [1.54, 1.807) is 0 Å². The van der Waals surface area contributed by atoms with Crippen LogP contribution in [-0.2, 0) is 10.2 Å². The molecule has 2 unspecified atom stereocenters. The van der Waals surface area contributed by atoms with E-state index in [1.807, 2.05) is 24.3 Å². The van der Waals surface area contributed by atoms with Gasteiger partial charge in [-0.25, -0.2) is 4.79 Å². The van der Waals surface area contributed by atoms with Crippen LogP contribution in [0.3, 0.4) is 0 Å². The van der Waals surface area contributed by atoms with Gasteiger partial charge in [0.2, 0.25) is 0 Å². The summed E-state index contributed by atoms with van der Waals surface area (Å²) >= 11 is 13.5. The lowest BCUT2D eigenvalue weighted by atomic mass is 9.86. The zero-order chi connectivity index (χ0) is 20.6. The van der Waals surface area contributed by atoms with Crippen LogP contribution in [0.4, 0.5) is 0 Å². The van der Waals surface area contributed by atoms with Gasteiger partial charge in [-0.1, -0.05) is 68.2 Å². The second-order valence-electron chi connectivity index (χ2n) is 7.78. The van der Waals surface area contributed by atoms with E-state index < -0.39 is 17.9 Å². The van der Waals surface area contributed by atoms with E-state index in [0.29, 0.717) is 15.8 Å². The summed E-state index contributed by atoms with van der Waals surface area (Å²) in [6.45, 7) is 6.39. The number of carboxylic acids is 1. The van der Waals surface area contributed by atoms with Crippen molar-refractivity contribution in [3.63, 3.8) is 0 Å². The summed E-state index contributed by atoms with van der Waals surface area (Å²) in [6, 6.07) is 11.6. The number of carbonyl (C=O) groups excluding carboxylic acids is 1. The maximum absolute atomic E-state index is 13.2. The Labute approximate surface area is 178 Å². The first kappa shape index (κ1) is 21.0. The first-order valence-electron chi connectivity index (χ1n) is 8.81. The smallest absolute Gasteiger partial charge is 0.327 e. The molecule has 1 amide bonds. The monoisotopic (exact) mass is 437 g/mol. The number of amides is 1. The predicted octanol–water partition coefficient (Wildman–Crippen LogP) is 5.63. The molecule has 28 heavy (non-hydrogen) atoms. The van der Waals surface area contributed by atoms with E-state index >= 15 is 0 Å². The minimum atomic E-state index is -1.03. The van der Waals surface area contributed by atoms with Crippen LogP contribution >= 0.6 is 35.0 Å². The molecule has 1 aliphatic heterocycles. The van der Waals surface area contributed by atoms with Crippen LogP contribution in [0.25, 0.3) is 0 Å². The van der Waals surface area contributed by atoms with Crippen molar-refractivity contribution in [1.29, 1.82) is 0 Å². The van der Waals surface area contributed by atoms with E-state index in [1.165, 1.54) is 40.4 Å². The van der Waals surface area contributed by atoms with E-state index in [2.05, 4.69) is 20.8 Å². The average molecular weight is 438 g/mol. The zero-order valence-corrected chi connectivity index (χ0v) is 18.1. The molecule has 0 spiro atoms. The Morgan fingerprint density at radius 1 is 1.07 bits per heavy atom. The molecular weight excluding hydrogens is 417 g/mol. The summed E-state index contributed by atoms with van der Waals surface area (Å²) in [5.74, 6) is -1.10. The maximum Gasteiger partial charge on any atom is 0.327 e. The van der Waals surface area contributed by atoms with Gasteiger partial charge in [-0.15, -0.1) is 11.8 Å². The van der Waals surface area contributed by atoms with Crippen LogP contribution in [-0.4, -0.2) is 33.7 Å². The van der Waals surface area contributed by atoms with Gasteiger partial charge in [0.25, 0.3) is 5.91 Å². The number of hydrogen-bond donors (Lipinski definition) is 1. The number of aliphatic carboxylic acids is 1. The summed E-state index contributed by atoms with van der Waals surface area (Å²) in [5, 5.41) is 9.92. The molecule has 4 nitrogen and oxygen atoms in total. The highest BCUT2D eigenvalue weighted by Gasteiger charge is 2.42. The number of carbonyl (C=O) groups is 2. The van der Waals surface area contributed by atoms with E-state index in [0.717, 1.165) is 5.56 Å². The number of hydrogen-bond acceptors (Lipinski definition) is 3. The Morgan fingerprint density at radius 3 is 2.14 bits per heavy atom. The molecule has 0 radical (unpaired) electrons. The first-order valence-corrected chi connectivity index (χ1v) is 10.6. The zero-order valence-electron chi connectivity index (χ0n) is 15.8. The molecule has 7 heteroatoms. The third-order valence-corrected chi connectivity index (χ3v) is 6.45. The fourth-order valence-corrected chi connectivity index (χ4v) is 5.12. The Kier molecular flexibility index (Phi) is 5.99. The molecule has 2 aromatic rings. The summed E-state index contributed by atoms with van der Waals surface area (Å²) < 4.78 is 0. The molecule has 1 heterocycles. The van der Waals surface area contributed by atoms with Crippen molar-refractivity contribution >= 4 is 46.8 Å². The van der Waals surface area contributed by atoms with E-state index in [4.69, 9.17) is 23.2 Å². The highest BCUT2D eigenvalue weighted by Crippen LogP contribution is 2.43. The summed E-state index contributed by atoms with van der Waals surface area (Å²) in [4.78, 5) is 26.4. The minimum Gasteiger partial charge on any atom is -0.480 e. The second kappa shape index (κ2) is 7.97. The molecule has 2 atom stereocenters. The van der Waals surface area contributed by atoms with Crippen molar-refractivity contribution in [2.24, 2.45) is 0 Å². The Hall–Kier alpha value is -1.69. The maximum atomic E-state index is 13.2. The van der Waals surface area contributed by atoms with E-state index in [-0.39, 0.29) is 16.4 Å². The molecule has 0 aromatic heterocycles. The van der Waals surface area contributed by atoms with Gasteiger partial charge in [0.15, 0.2) is 0 Å². The van der Waals surface area contributed by atoms with Gasteiger partial charge in [-0.05, 0) is 34.7 Å². The van der Waals surface area contributed by atoms with Crippen LogP contribution < -0.4 is 0 Å². The summed E-state index contributed by atoms with van der Waals surface area (Å²) in [5.41, 5.74) is 2.36. The molecule has 2 aromatic carbocycles. The SMILES string of the molecule is CC(C)(C)c1ccc(C2SCC(C(=O)O)N2C(=O)c2cc(Cl)cc(Cl)c2)cc1. The first-order chi connectivity index (χ1) is 13.1. The summed E-state index contributed by atoms with van der Waals surface area (Å²) in [7, 11) is 0. The fraction of sp³-hybridized carbons (Fsp3) is 0.333. The molecule has 1 saturated heterocycles. The fourth-order valence-electron chi connectivity index (χ4n) is 3.18. The lowest BCUT2D eigenvalue weighted by molar-refractivity contribution is -0.141. The van der Waals surface area contributed by atoms with E-state index in [9.17, 15) is 14.7 Å². The minimum absolute atomic E-state index is 0.0119. The molecule has 1 aliphatic rings. The Morgan fingerprint density at radius 2 is 1.64 bits per heavy atom. The quantitative estimate of drug-likeness (QED) is 0.675. The Balaban J connectivity index is 1.98. The molecule has 1 fully saturated rings. The largest absolute Gasteiger partial charge is 0.480 e. The third kappa shape index (κ3) is 4.32. The van der Waals surface area contributed by atoms with Crippen LogP contribution in [0.5, 0.6) is 0 Å². The standard InChI is InChI=1S/C21H21Cl2NO3S/c1-21(2,3)14-6-4-12(5-7-14)19-24(17(11-28-19)20(26)27)18(25)13-8-15(22)10-16(23)9-13/h4-10,17,19H,11H2,1-3H3,(H,26,27). The molecular formula is C21H21Cl2NO3S. The molecule has 0 saturated carbocycles. The number of halogens is 2. The number of carboxylic acid groups (broad SMARTS) is 1. The number of benzene rings is 2. The highest BCUT2D eigenvalue weighted by molar-refractivity contribution is 7.99. The molecule has 0 aliphatic carbocycles. The second-order valence-corrected chi connectivity index (χ2v) is 9.77. The van der Waals surface area contributed by atoms with Crippen LogP contribution in [0.15, 0.2) is 42.5 Å².